The molecule has 0 aliphatic heterocycles. The smallest absolute Gasteiger partial charge is 0.376 e. The number of anilines is 1. The highest BCUT2D eigenvalue weighted by Crippen LogP contribution is 2.36. The van der Waals surface area contributed by atoms with Gasteiger partial charge in [0.15, 0.2) is 0 Å². The minimum atomic E-state index is -4.57. The topological polar surface area (TPSA) is 41.1 Å². The highest BCUT2D eigenvalue weighted by atomic mass is 35.5. The molecule has 2 rings (SSSR count). The highest BCUT2D eigenvalue weighted by molar-refractivity contribution is 6.31. The van der Waals surface area contributed by atoms with Crippen molar-refractivity contribution in [3.8, 4) is 0 Å². The third kappa shape index (κ3) is 5.63. The van der Waals surface area contributed by atoms with Gasteiger partial charge in [0.05, 0.1) is 17.1 Å². The van der Waals surface area contributed by atoms with E-state index in [1.165, 1.54) is 12.1 Å². The summed E-state index contributed by atoms with van der Waals surface area (Å²) in [6.45, 7) is 0.00602. The molecule has 0 spiro atoms. The van der Waals surface area contributed by atoms with Crippen LogP contribution in [0, 0.1) is 5.82 Å². The molecule has 0 saturated carbocycles. The zero-order valence-corrected chi connectivity index (χ0v) is 13.7. The van der Waals surface area contributed by atoms with Gasteiger partial charge in [0.25, 0.3) is 0 Å². The van der Waals surface area contributed by atoms with Gasteiger partial charge in [0.1, 0.15) is 5.82 Å². The van der Waals surface area contributed by atoms with E-state index < -0.39 is 22.7 Å². The van der Waals surface area contributed by atoms with Crippen molar-refractivity contribution in [2.24, 2.45) is 0 Å². The Morgan fingerprint density at radius 1 is 1.12 bits per heavy atom. The molecule has 0 fully saturated rings. The summed E-state index contributed by atoms with van der Waals surface area (Å²) < 4.78 is 51.7. The molecular weight excluding hydrogens is 360 g/mol. The van der Waals surface area contributed by atoms with Crippen LogP contribution in [0.1, 0.15) is 11.1 Å². The van der Waals surface area contributed by atoms with Crippen LogP contribution in [0.5, 0.6) is 0 Å². The molecule has 0 radical (unpaired) electrons. The van der Waals surface area contributed by atoms with Gasteiger partial charge in [-0.15, -0.1) is 0 Å². The number of hydrogen-bond donors (Lipinski definition) is 2. The first-order valence-electron chi connectivity index (χ1n) is 7.38. The van der Waals surface area contributed by atoms with Crippen LogP contribution in [-0.4, -0.2) is 19.0 Å². The molecule has 134 valence electrons. The van der Waals surface area contributed by atoms with Crippen molar-refractivity contribution in [2.75, 3.05) is 18.4 Å². The van der Waals surface area contributed by atoms with Gasteiger partial charge >= 0.3 is 6.18 Å². The molecule has 0 unspecified atom stereocenters. The average molecular weight is 375 g/mol. The predicted octanol–water partition coefficient (Wildman–Crippen LogP) is 4.27. The maximum absolute atomic E-state index is 13.4. The van der Waals surface area contributed by atoms with Gasteiger partial charge in [0.2, 0.25) is 5.91 Å². The van der Waals surface area contributed by atoms with Crippen molar-refractivity contribution in [1.82, 2.24) is 5.32 Å². The Morgan fingerprint density at radius 2 is 1.84 bits per heavy atom. The maximum Gasteiger partial charge on any atom is 0.417 e. The quantitative estimate of drug-likeness (QED) is 0.741. The van der Waals surface area contributed by atoms with E-state index in [9.17, 15) is 22.4 Å². The zero-order valence-electron chi connectivity index (χ0n) is 13.0. The van der Waals surface area contributed by atoms with Gasteiger partial charge in [-0.2, -0.15) is 13.2 Å². The number of halogens is 5. The third-order valence-electron chi connectivity index (χ3n) is 3.40. The number of alkyl halides is 3. The van der Waals surface area contributed by atoms with Gasteiger partial charge < -0.3 is 10.6 Å². The summed E-state index contributed by atoms with van der Waals surface area (Å²) in [6.07, 6.45) is -4.26. The van der Waals surface area contributed by atoms with Gasteiger partial charge in [-0.3, -0.25) is 4.79 Å². The van der Waals surface area contributed by atoms with Crippen LogP contribution >= 0.6 is 11.6 Å². The molecule has 0 aliphatic carbocycles. The van der Waals surface area contributed by atoms with Crippen molar-refractivity contribution >= 4 is 23.2 Å². The fourth-order valence-electron chi connectivity index (χ4n) is 2.14. The molecule has 2 N–H and O–H groups in total. The van der Waals surface area contributed by atoms with E-state index in [1.54, 1.807) is 18.2 Å². The fraction of sp³-hybridized carbons (Fsp3) is 0.235. The first kappa shape index (κ1) is 19.1. The number of carbonyl (C=O) groups is 1. The maximum atomic E-state index is 13.4. The number of carbonyl (C=O) groups excluding carboxylic acids is 1. The third-order valence-corrected chi connectivity index (χ3v) is 3.73. The lowest BCUT2D eigenvalue weighted by Crippen LogP contribution is -2.31. The Bertz CT molecular complexity index is 750. The predicted molar refractivity (Wildman–Crippen MR) is 88.1 cm³/mol. The van der Waals surface area contributed by atoms with Crippen molar-refractivity contribution in [1.29, 1.82) is 0 Å². The molecule has 0 aliphatic rings. The number of benzene rings is 2. The molecule has 2 aromatic carbocycles. The molecule has 0 bridgehead atoms. The van der Waals surface area contributed by atoms with E-state index in [4.69, 9.17) is 11.6 Å². The second kappa shape index (κ2) is 8.20. The van der Waals surface area contributed by atoms with Crippen LogP contribution in [0.15, 0.2) is 42.5 Å². The Kier molecular flexibility index (Phi) is 6.25. The van der Waals surface area contributed by atoms with Gasteiger partial charge in [-0.05, 0) is 36.2 Å². The largest absolute Gasteiger partial charge is 0.417 e. The Labute approximate surface area is 147 Å². The molecule has 1 amide bonds. The van der Waals surface area contributed by atoms with Gasteiger partial charge in [0, 0.05) is 12.2 Å². The van der Waals surface area contributed by atoms with Crippen LogP contribution < -0.4 is 10.6 Å². The van der Waals surface area contributed by atoms with E-state index in [2.05, 4.69) is 10.6 Å². The van der Waals surface area contributed by atoms with E-state index in [-0.39, 0.29) is 24.6 Å². The lowest BCUT2D eigenvalue weighted by molar-refractivity contribution is -0.137. The Morgan fingerprint density at radius 3 is 2.52 bits per heavy atom. The number of rotatable bonds is 6. The average Bonchev–Trinajstić information content (AvgIpc) is 2.55. The first-order valence-corrected chi connectivity index (χ1v) is 7.76. The van der Waals surface area contributed by atoms with Crippen molar-refractivity contribution in [2.45, 2.75) is 12.6 Å². The van der Waals surface area contributed by atoms with E-state index in [1.807, 2.05) is 0 Å². The summed E-state index contributed by atoms with van der Waals surface area (Å²) in [6, 6.07) is 9.52. The molecule has 0 heterocycles. The molecule has 0 aromatic heterocycles. The van der Waals surface area contributed by atoms with E-state index >= 15 is 0 Å². The van der Waals surface area contributed by atoms with Crippen LogP contribution in [0.25, 0.3) is 0 Å². The Balaban J connectivity index is 1.83. The summed E-state index contributed by atoms with van der Waals surface area (Å²) in [5.41, 5.74) is -0.372. The lowest BCUT2D eigenvalue weighted by atomic mass is 10.1. The van der Waals surface area contributed by atoms with Crippen molar-refractivity contribution in [3.05, 3.63) is 64.4 Å². The highest BCUT2D eigenvalue weighted by Gasteiger charge is 2.33. The van der Waals surface area contributed by atoms with Crippen molar-refractivity contribution < 1.29 is 22.4 Å². The molecule has 8 heteroatoms. The molecular formula is C17H15ClF4N2O. The van der Waals surface area contributed by atoms with Gasteiger partial charge in [-0.25, -0.2) is 4.39 Å². The number of hydrogen-bond acceptors (Lipinski definition) is 2. The van der Waals surface area contributed by atoms with Crippen LogP contribution in [0.4, 0.5) is 23.2 Å². The molecule has 0 saturated heterocycles. The van der Waals surface area contributed by atoms with Gasteiger partial charge in [-0.1, -0.05) is 29.8 Å². The first-order chi connectivity index (χ1) is 11.8. The standard InChI is InChI=1S/C17H15ClF4N2O/c18-14-6-5-12(9-13(14)17(20,21)22)24-10-16(25)23-8-7-11-3-1-2-4-15(11)19/h1-6,9,24H,7-8,10H2,(H,23,25). The van der Waals surface area contributed by atoms with E-state index in [0.29, 0.717) is 12.0 Å². The zero-order chi connectivity index (χ0) is 18.4. The van der Waals surface area contributed by atoms with Crippen LogP contribution in [-0.2, 0) is 17.4 Å². The Hall–Kier alpha value is -2.28. The second-order valence-electron chi connectivity index (χ2n) is 5.24. The summed E-state index contributed by atoms with van der Waals surface area (Å²) >= 11 is 5.53. The van der Waals surface area contributed by atoms with Crippen LogP contribution in [0.2, 0.25) is 5.02 Å². The van der Waals surface area contributed by atoms with Crippen molar-refractivity contribution in [3.63, 3.8) is 0 Å². The molecule has 25 heavy (non-hydrogen) atoms. The second-order valence-corrected chi connectivity index (χ2v) is 5.64. The number of nitrogens with one attached hydrogen (secondary N) is 2. The minimum Gasteiger partial charge on any atom is -0.376 e. The fourth-order valence-corrected chi connectivity index (χ4v) is 2.36. The van der Waals surface area contributed by atoms with E-state index in [0.717, 1.165) is 12.1 Å². The SMILES string of the molecule is O=C(CNc1ccc(Cl)c(C(F)(F)F)c1)NCCc1ccccc1F. The lowest BCUT2D eigenvalue weighted by Gasteiger charge is -2.12. The number of amides is 1. The summed E-state index contributed by atoms with van der Waals surface area (Å²) in [7, 11) is 0. The summed E-state index contributed by atoms with van der Waals surface area (Å²) in [4.78, 5) is 11.7. The minimum absolute atomic E-state index is 0.126. The normalized spacial score (nSPS) is 11.2. The molecule has 3 nitrogen and oxygen atoms in total. The monoisotopic (exact) mass is 374 g/mol. The van der Waals surface area contributed by atoms with Crippen LogP contribution in [0.3, 0.4) is 0 Å². The summed E-state index contributed by atoms with van der Waals surface area (Å²) in [5.74, 6) is -0.768. The summed E-state index contributed by atoms with van der Waals surface area (Å²) in [5, 5.41) is 4.76. The molecule has 2 aromatic rings. The molecule has 0 atom stereocenters.